The molecule has 1 N–H and O–H groups in total. The smallest absolute Gasteiger partial charge is 0.294 e. The zero-order valence-corrected chi connectivity index (χ0v) is 17.3. The van der Waals surface area contributed by atoms with E-state index in [9.17, 15) is 14.7 Å². The van der Waals surface area contributed by atoms with Gasteiger partial charge in [0.1, 0.15) is 5.75 Å². The predicted molar refractivity (Wildman–Crippen MR) is 113 cm³/mol. The van der Waals surface area contributed by atoms with Gasteiger partial charge in [0.2, 0.25) is 0 Å². The van der Waals surface area contributed by atoms with Crippen molar-refractivity contribution >= 4 is 17.4 Å². The minimum atomic E-state index is -0.671. The van der Waals surface area contributed by atoms with Crippen LogP contribution < -0.4 is 9.64 Å². The number of aliphatic hydroxyl groups is 1. The van der Waals surface area contributed by atoms with Crippen molar-refractivity contribution in [1.82, 2.24) is 0 Å². The van der Waals surface area contributed by atoms with Gasteiger partial charge in [0.25, 0.3) is 5.91 Å². The summed E-state index contributed by atoms with van der Waals surface area (Å²) in [5.41, 5.74) is 2.69. The highest BCUT2D eigenvalue weighted by Crippen LogP contribution is 2.41. The summed E-state index contributed by atoms with van der Waals surface area (Å²) < 4.78 is 5.50. The van der Waals surface area contributed by atoms with Gasteiger partial charge in [-0.3, -0.25) is 14.5 Å². The average Bonchev–Trinajstić information content (AvgIpc) is 2.99. The van der Waals surface area contributed by atoms with E-state index >= 15 is 0 Å². The highest BCUT2D eigenvalue weighted by molar-refractivity contribution is 6.16. The number of aliphatic hydroxyl groups excluding tert-OH is 1. The number of Topliss-reactive ketones (excluding diaryl/α,β-unsaturated/α-hetero) is 1. The van der Waals surface area contributed by atoms with Gasteiger partial charge < -0.3 is 9.84 Å². The van der Waals surface area contributed by atoms with E-state index in [0.717, 1.165) is 11.1 Å². The SMILES string of the molecule is CCOc1ccc(C2C(C(=O)CC)=C(O)C(=O)N2c2ccc(C(C)C)cc2)cc1. The Bertz CT molecular complexity index is 926. The number of nitrogens with zero attached hydrogens (tertiary/aromatic N) is 1. The van der Waals surface area contributed by atoms with Crippen molar-refractivity contribution in [2.75, 3.05) is 11.5 Å². The van der Waals surface area contributed by atoms with Gasteiger partial charge >= 0.3 is 0 Å². The van der Waals surface area contributed by atoms with Crippen molar-refractivity contribution in [1.29, 1.82) is 0 Å². The van der Waals surface area contributed by atoms with Gasteiger partial charge in [-0.05, 0) is 48.2 Å². The molecule has 1 aliphatic heterocycles. The van der Waals surface area contributed by atoms with E-state index in [0.29, 0.717) is 24.0 Å². The summed E-state index contributed by atoms with van der Waals surface area (Å²) in [7, 11) is 0. The Balaban J connectivity index is 2.08. The molecule has 1 amide bonds. The molecule has 0 aliphatic carbocycles. The average molecular weight is 393 g/mol. The molecule has 1 atom stereocenters. The van der Waals surface area contributed by atoms with E-state index in [1.165, 1.54) is 4.90 Å². The molecule has 0 saturated heterocycles. The highest BCUT2D eigenvalue weighted by atomic mass is 16.5. The number of carbonyl (C=O) groups excluding carboxylic acids is 2. The monoisotopic (exact) mass is 393 g/mol. The van der Waals surface area contributed by atoms with Crippen LogP contribution in [0.1, 0.15) is 57.2 Å². The molecule has 2 aromatic rings. The van der Waals surface area contributed by atoms with Gasteiger partial charge in [0, 0.05) is 12.1 Å². The lowest BCUT2D eigenvalue weighted by Crippen LogP contribution is -2.31. The Labute approximate surface area is 171 Å². The molecule has 29 heavy (non-hydrogen) atoms. The van der Waals surface area contributed by atoms with E-state index in [4.69, 9.17) is 4.74 Å². The molecule has 0 spiro atoms. The van der Waals surface area contributed by atoms with Crippen molar-refractivity contribution in [3.8, 4) is 5.75 Å². The van der Waals surface area contributed by atoms with Gasteiger partial charge in [0.15, 0.2) is 11.5 Å². The zero-order valence-electron chi connectivity index (χ0n) is 17.3. The molecule has 0 aromatic heterocycles. The summed E-state index contributed by atoms with van der Waals surface area (Å²) in [6.07, 6.45) is 0.209. The number of amides is 1. The van der Waals surface area contributed by atoms with E-state index < -0.39 is 17.7 Å². The maximum atomic E-state index is 12.9. The Morgan fingerprint density at radius 3 is 2.21 bits per heavy atom. The molecule has 2 aromatic carbocycles. The molecule has 0 fully saturated rings. The molecule has 3 rings (SSSR count). The van der Waals surface area contributed by atoms with E-state index in [1.807, 2.05) is 55.5 Å². The van der Waals surface area contributed by atoms with Crippen LogP contribution in [-0.4, -0.2) is 23.4 Å². The number of anilines is 1. The fourth-order valence-electron chi connectivity index (χ4n) is 3.60. The standard InChI is InChI=1S/C24H27NO4/c1-5-20(26)21-22(17-9-13-19(14-10-17)29-6-2)25(24(28)23(21)27)18-11-7-16(8-12-18)15(3)4/h7-15,22,27H,5-6H2,1-4H3. The third-order valence-corrected chi connectivity index (χ3v) is 5.17. The maximum absolute atomic E-state index is 12.9. The molecule has 0 bridgehead atoms. The lowest BCUT2D eigenvalue weighted by Gasteiger charge is -2.27. The second-order valence-corrected chi connectivity index (χ2v) is 7.36. The van der Waals surface area contributed by atoms with Crippen molar-refractivity contribution < 1.29 is 19.4 Å². The molecular formula is C24H27NO4. The van der Waals surface area contributed by atoms with Gasteiger partial charge in [-0.1, -0.05) is 45.0 Å². The lowest BCUT2D eigenvalue weighted by atomic mass is 9.94. The fraction of sp³-hybridized carbons (Fsp3) is 0.333. The van der Waals surface area contributed by atoms with Gasteiger partial charge in [-0.2, -0.15) is 0 Å². The van der Waals surface area contributed by atoms with Crippen LogP contribution in [0.15, 0.2) is 59.9 Å². The molecule has 5 heteroatoms. The number of hydrogen-bond acceptors (Lipinski definition) is 4. The van der Waals surface area contributed by atoms with Crippen molar-refractivity contribution in [2.45, 2.75) is 46.1 Å². The van der Waals surface area contributed by atoms with Gasteiger partial charge in [-0.15, -0.1) is 0 Å². The van der Waals surface area contributed by atoms with E-state index in [-0.39, 0.29) is 17.8 Å². The number of rotatable bonds is 7. The largest absolute Gasteiger partial charge is 0.503 e. The highest BCUT2D eigenvalue weighted by Gasteiger charge is 2.43. The minimum absolute atomic E-state index is 0.148. The summed E-state index contributed by atoms with van der Waals surface area (Å²) in [6, 6.07) is 14.3. The molecule has 0 radical (unpaired) electrons. The Hall–Kier alpha value is -3.08. The zero-order chi connectivity index (χ0) is 21.1. The Kier molecular flexibility index (Phi) is 6.06. The summed E-state index contributed by atoms with van der Waals surface area (Å²) in [5, 5.41) is 10.5. The van der Waals surface area contributed by atoms with Crippen LogP contribution in [0.4, 0.5) is 5.69 Å². The predicted octanol–water partition coefficient (Wildman–Crippen LogP) is 5.09. The van der Waals surface area contributed by atoms with E-state index in [1.54, 1.807) is 6.92 Å². The molecule has 1 heterocycles. The first-order chi connectivity index (χ1) is 13.9. The van der Waals surface area contributed by atoms with E-state index in [2.05, 4.69) is 13.8 Å². The quantitative estimate of drug-likeness (QED) is 0.712. The summed E-state index contributed by atoms with van der Waals surface area (Å²) in [4.78, 5) is 27.1. The second kappa shape index (κ2) is 8.52. The normalized spacial score (nSPS) is 16.7. The van der Waals surface area contributed by atoms with Crippen LogP contribution in [-0.2, 0) is 9.59 Å². The first-order valence-corrected chi connectivity index (χ1v) is 10.0. The van der Waals surface area contributed by atoms with Crippen molar-refractivity contribution in [3.63, 3.8) is 0 Å². The molecule has 1 unspecified atom stereocenters. The fourth-order valence-corrected chi connectivity index (χ4v) is 3.60. The van der Waals surface area contributed by atoms with Crippen LogP contribution in [0.5, 0.6) is 5.75 Å². The molecule has 0 saturated carbocycles. The third kappa shape index (κ3) is 3.90. The Morgan fingerprint density at radius 1 is 1.07 bits per heavy atom. The minimum Gasteiger partial charge on any atom is -0.503 e. The third-order valence-electron chi connectivity index (χ3n) is 5.17. The van der Waals surface area contributed by atoms with Crippen molar-refractivity contribution in [2.24, 2.45) is 0 Å². The number of benzene rings is 2. The van der Waals surface area contributed by atoms with Crippen molar-refractivity contribution in [3.05, 3.63) is 71.0 Å². The van der Waals surface area contributed by atoms with Gasteiger partial charge in [-0.25, -0.2) is 0 Å². The molecule has 1 aliphatic rings. The van der Waals surface area contributed by atoms with Crippen LogP contribution in [0.25, 0.3) is 0 Å². The maximum Gasteiger partial charge on any atom is 0.294 e. The summed E-state index contributed by atoms with van der Waals surface area (Å²) in [6.45, 7) is 8.39. The molecule has 5 nitrogen and oxygen atoms in total. The number of ketones is 1. The molecular weight excluding hydrogens is 366 g/mol. The lowest BCUT2D eigenvalue weighted by molar-refractivity contribution is -0.118. The van der Waals surface area contributed by atoms with Crippen LogP contribution in [0.2, 0.25) is 0 Å². The molecule has 152 valence electrons. The number of carbonyl (C=O) groups is 2. The number of ether oxygens (including phenoxy) is 1. The number of hydrogen-bond donors (Lipinski definition) is 1. The Morgan fingerprint density at radius 2 is 1.69 bits per heavy atom. The van der Waals surface area contributed by atoms with Crippen LogP contribution in [0, 0.1) is 0 Å². The van der Waals surface area contributed by atoms with Crippen LogP contribution in [0.3, 0.4) is 0 Å². The first-order valence-electron chi connectivity index (χ1n) is 10.0. The first kappa shape index (κ1) is 20.6. The van der Waals surface area contributed by atoms with Crippen LogP contribution >= 0.6 is 0 Å². The van der Waals surface area contributed by atoms with Gasteiger partial charge in [0.05, 0.1) is 18.2 Å². The summed E-state index contributed by atoms with van der Waals surface area (Å²) in [5.74, 6) is -0.188. The topological polar surface area (TPSA) is 66.8 Å². The second-order valence-electron chi connectivity index (χ2n) is 7.36. The summed E-state index contributed by atoms with van der Waals surface area (Å²) >= 11 is 0.